The average Bonchev–Trinajstić information content (AvgIpc) is 3.29. The molecule has 1 aliphatic rings. The van der Waals surface area contributed by atoms with Crippen LogP contribution < -0.4 is 5.32 Å². The molecule has 0 radical (unpaired) electrons. The fraction of sp³-hybridized carbons (Fsp3) is 0.389. The highest BCUT2D eigenvalue weighted by atomic mass is 35.5. The van der Waals surface area contributed by atoms with Crippen molar-refractivity contribution in [2.75, 3.05) is 13.1 Å². The second kappa shape index (κ2) is 7.37. The van der Waals surface area contributed by atoms with Gasteiger partial charge in [-0.2, -0.15) is 10.1 Å². The van der Waals surface area contributed by atoms with Gasteiger partial charge in [-0.15, -0.1) is 12.4 Å². The lowest BCUT2D eigenvalue weighted by atomic mass is 10.1. The maximum Gasteiger partial charge on any atom is 0.231 e. The van der Waals surface area contributed by atoms with E-state index < -0.39 is 0 Å². The Bertz CT molecular complexity index is 851. The summed E-state index contributed by atoms with van der Waals surface area (Å²) in [5.74, 6) is 1.73. The van der Waals surface area contributed by atoms with Gasteiger partial charge in [0.25, 0.3) is 0 Å². The summed E-state index contributed by atoms with van der Waals surface area (Å²) in [6.45, 7) is 6.76. The van der Waals surface area contributed by atoms with Crippen LogP contribution in [0.4, 0.5) is 0 Å². The molecule has 3 aromatic rings. The summed E-state index contributed by atoms with van der Waals surface area (Å²) in [6, 6.07) is 10.3. The third-order valence-corrected chi connectivity index (χ3v) is 4.47. The van der Waals surface area contributed by atoms with Crippen molar-refractivity contribution in [3.05, 3.63) is 53.2 Å². The average molecular weight is 360 g/mol. The molecule has 1 aromatic carbocycles. The lowest BCUT2D eigenvalue weighted by Gasteiger charge is -2.05. The van der Waals surface area contributed by atoms with E-state index in [-0.39, 0.29) is 12.4 Å². The van der Waals surface area contributed by atoms with Crippen molar-refractivity contribution in [3.63, 3.8) is 0 Å². The van der Waals surface area contributed by atoms with Gasteiger partial charge in [-0.3, -0.25) is 4.68 Å². The highest BCUT2D eigenvalue weighted by Gasteiger charge is 2.23. The number of aromatic nitrogens is 4. The molecule has 1 atom stereocenters. The van der Waals surface area contributed by atoms with Crippen molar-refractivity contribution in [2.45, 2.75) is 32.7 Å². The van der Waals surface area contributed by atoms with Crippen LogP contribution in [0.5, 0.6) is 0 Å². The molecule has 3 heterocycles. The number of aryl methyl sites for hydroxylation is 2. The molecule has 0 aliphatic carbocycles. The first-order valence-electron chi connectivity index (χ1n) is 8.34. The summed E-state index contributed by atoms with van der Waals surface area (Å²) in [5.41, 5.74) is 4.35. The third kappa shape index (κ3) is 3.75. The molecule has 1 aliphatic heterocycles. The number of rotatable bonds is 4. The van der Waals surface area contributed by atoms with Gasteiger partial charge >= 0.3 is 0 Å². The summed E-state index contributed by atoms with van der Waals surface area (Å²) in [4.78, 5) is 4.59. The highest BCUT2D eigenvalue weighted by molar-refractivity contribution is 5.85. The first-order chi connectivity index (χ1) is 11.7. The summed E-state index contributed by atoms with van der Waals surface area (Å²) >= 11 is 0. The Kier molecular flexibility index (Phi) is 5.20. The second-order valence-corrected chi connectivity index (χ2v) is 6.43. The van der Waals surface area contributed by atoms with E-state index in [1.807, 2.05) is 23.7 Å². The van der Waals surface area contributed by atoms with E-state index in [2.05, 4.69) is 45.7 Å². The summed E-state index contributed by atoms with van der Waals surface area (Å²) < 4.78 is 7.48. The van der Waals surface area contributed by atoms with Crippen molar-refractivity contribution in [1.29, 1.82) is 0 Å². The van der Waals surface area contributed by atoms with E-state index in [0.29, 0.717) is 11.7 Å². The van der Waals surface area contributed by atoms with Gasteiger partial charge < -0.3 is 9.84 Å². The van der Waals surface area contributed by atoms with Gasteiger partial charge in [0, 0.05) is 17.8 Å². The maximum atomic E-state index is 5.46. The first-order valence-corrected chi connectivity index (χ1v) is 8.34. The minimum absolute atomic E-state index is 0. The van der Waals surface area contributed by atoms with Crippen LogP contribution >= 0.6 is 12.4 Å². The number of nitrogens with zero attached hydrogens (tertiary/aromatic N) is 4. The molecule has 4 rings (SSSR count). The SMILES string of the molecule is Cc1cc(C)n(Cc2cccc(-c3noc([C@@H]4CCNC4)n3)c2)n1.Cl. The zero-order valence-electron chi connectivity index (χ0n) is 14.4. The lowest BCUT2D eigenvalue weighted by Crippen LogP contribution is -2.08. The Labute approximate surface area is 153 Å². The molecule has 1 N–H and O–H groups in total. The van der Waals surface area contributed by atoms with Gasteiger partial charge in [-0.25, -0.2) is 0 Å². The summed E-state index contributed by atoms with van der Waals surface area (Å²) in [5, 5.41) is 12.0. The predicted octanol–water partition coefficient (Wildman–Crippen LogP) is 3.10. The van der Waals surface area contributed by atoms with Gasteiger partial charge in [-0.1, -0.05) is 23.4 Å². The van der Waals surface area contributed by atoms with E-state index in [1.54, 1.807) is 0 Å². The summed E-state index contributed by atoms with van der Waals surface area (Å²) in [6.07, 6.45) is 1.06. The number of halogens is 1. The van der Waals surface area contributed by atoms with E-state index in [9.17, 15) is 0 Å². The molecule has 1 fully saturated rings. The molecule has 0 unspecified atom stereocenters. The minimum atomic E-state index is 0. The predicted molar refractivity (Wildman–Crippen MR) is 98.0 cm³/mol. The van der Waals surface area contributed by atoms with Gasteiger partial charge in [0.15, 0.2) is 0 Å². The van der Waals surface area contributed by atoms with Gasteiger partial charge in [0.1, 0.15) is 0 Å². The fourth-order valence-electron chi connectivity index (χ4n) is 3.20. The van der Waals surface area contributed by atoms with E-state index in [1.165, 1.54) is 5.56 Å². The Morgan fingerprint density at radius 2 is 2.16 bits per heavy atom. The molecule has 7 heteroatoms. The highest BCUT2D eigenvalue weighted by Crippen LogP contribution is 2.24. The van der Waals surface area contributed by atoms with Gasteiger partial charge in [-0.05, 0) is 44.5 Å². The molecule has 0 bridgehead atoms. The standard InChI is InChI=1S/C18H21N5O.ClH/c1-12-8-13(2)23(21-12)11-14-4-3-5-15(9-14)17-20-18(24-22-17)16-6-7-19-10-16;/h3-5,8-9,16,19H,6-7,10-11H2,1-2H3;1H/t16-;/m1./s1. The molecule has 2 aromatic heterocycles. The smallest absolute Gasteiger partial charge is 0.231 e. The normalized spacial score (nSPS) is 16.8. The first kappa shape index (κ1) is 17.6. The molecule has 0 saturated carbocycles. The van der Waals surface area contributed by atoms with Crippen LogP contribution in [-0.4, -0.2) is 33.0 Å². The van der Waals surface area contributed by atoms with Gasteiger partial charge in [0.05, 0.1) is 18.2 Å². The molecular formula is C18H22ClN5O. The zero-order valence-corrected chi connectivity index (χ0v) is 15.2. The monoisotopic (exact) mass is 359 g/mol. The quantitative estimate of drug-likeness (QED) is 0.775. The van der Waals surface area contributed by atoms with Crippen molar-refractivity contribution >= 4 is 12.4 Å². The molecule has 25 heavy (non-hydrogen) atoms. The number of benzene rings is 1. The lowest BCUT2D eigenvalue weighted by molar-refractivity contribution is 0.359. The fourth-order valence-corrected chi connectivity index (χ4v) is 3.20. The summed E-state index contributed by atoms with van der Waals surface area (Å²) in [7, 11) is 0. The number of hydrogen-bond acceptors (Lipinski definition) is 5. The topological polar surface area (TPSA) is 68.8 Å². The minimum Gasteiger partial charge on any atom is -0.339 e. The van der Waals surface area contributed by atoms with Crippen molar-refractivity contribution in [3.8, 4) is 11.4 Å². The van der Waals surface area contributed by atoms with Crippen LogP contribution in [-0.2, 0) is 6.54 Å². The van der Waals surface area contributed by atoms with E-state index in [0.717, 1.165) is 48.9 Å². The van der Waals surface area contributed by atoms with Crippen LogP contribution in [0, 0.1) is 13.8 Å². The van der Waals surface area contributed by atoms with Crippen LogP contribution in [0.3, 0.4) is 0 Å². The van der Waals surface area contributed by atoms with Crippen molar-refractivity contribution in [2.24, 2.45) is 0 Å². The number of nitrogens with one attached hydrogen (secondary N) is 1. The number of hydrogen-bond donors (Lipinski definition) is 1. The van der Waals surface area contributed by atoms with Crippen molar-refractivity contribution < 1.29 is 4.52 Å². The van der Waals surface area contributed by atoms with E-state index >= 15 is 0 Å². The van der Waals surface area contributed by atoms with Crippen molar-refractivity contribution in [1.82, 2.24) is 25.2 Å². The van der Waals surface area contributed by atoms with Crippen LogP contribution in [0.2, 0.25) is 0 Å². The largest absolute Gasteiger partial charge is 0.339 e. The van der Waals surface area contributed by atoms with Crippen LogP contribution in [0.1, 0.15) is 35.2 Å². The molecule has 0 spiro atoms. The molecule has 6 nitrogen and oxygen atoms in total. The molecular weight excluding hydrogens is 338 g/mol. The van der Waals surface area contributed by atoms with Gasteiger partial charge in [0.2, 0.25) is 11.7 Å². The molecule has 132 valence electrons. The zero-order chi connectivity index (χ0) is 16.5. The Balaban J connectivity index is 0.00000182. The Hall–Kier alpha value is -2.18. The Morgan fingerprint density at radius 3 is 2.88 bits per heavy atom. The van der Waals surface area contributed by atoms with E-state index in [4.69, 9.17) is 4.52 Å². The maximum absolute atomic E-state index is 5.46. The molecule has 0 amide bonds. The third-order valence-electron chi connectivity index (χ3n) is 4.47. The van der Waals surface area contributed by atoms with Crippen LogP contribution in [0.25, 0.3) is 11.4 Å². The Morgan fingerprint density at radius 1 is 1.28 bits per heavy atom. The molecule has 1 saturated heterocycles. The van der Waals surface area contributed by atoms with Crippen LogP contribution in [0.15, 0.2) is 34.9 Å². The second-order valence-electron chi connectivity index (χ2n) is 6.43.